The highest BCUT2D eigenvalue weighted by Crippen LogP contribution is 2.48. The van der Waals surface area contributed by atoms with Crippen molar-refractivity contribution in [2.45, 2.75) is 0 Å². The molecular formula is C3H18N7O3P3. The molecule has 13 heteroatoms. The Labute approximate surface area is 94.3 Å². The molecule has 0 aliphatic carbocycles. The van der Waals surface area contributed by atoms with Crippen LogP contribution in [-0.2, 0) is 13.7 Å². The molecule has 0 heterocycles. The number of rotatable bonds is 7. The fraction of sp³-hybridized carbons (Fsp3) is 1.00. The average Bonchev–Trinajstić information content (AvgIpc) is 2.16. The van der Waals surface area contributed by atoms with Crippen molar-refractivity contribution in [2.75, 3.05) is 21.1 Å². The third kappa shape index (κ3) is 5.65. The van der Waals surface area contributed by atoms with Crippen LogP contribution in [0.15, 0.2) is 0 Å². The maximum atomic E-state index is 12.0. The van der Waals surface area contributed by atoms with Crippen molar-refractivity contribution in [1.82, 2.24) is 25.0 Å². The van der Waals surface area contributed by atoms with Crippen LogP contribution in [-0.4, -0.2) is 21.1 Å². The molecule has 0 saturated carbocycles. The molecule has 0 radical (unpaired) electrons. The first-order chi connectivity index (χ1) is 7.10. The summed E-state index contributed by atoms with van der Waals surface area (Å²) >= 11 is 0. The van der Waals surface area contributed by atoms with E-state index in [9.17, 15) is 13.7 Å². The Morgan fingerprint density at radius 1 is 0.750 bits per heavy atom. The molecule has 0 saturated heterocycles. The molecule has 0 bridgehead atoms. The molecule has 0 aliphatic heterocycles. The van der Waals surface area contributed by atoms with Crippen molar-refractivity contribution in [3.8, 4) is 0 Å². The third-order valence-electron chi connectivity index (χ3n) is 1.56. The molecule has 10 nitrogen and oxygen atoms in total. The first kappa shape index (κ1) is 16.4. The van der Waals surface area contributed by atoms with Gasteiger partial charge in [0.25, 0.3) is 22.8 Å². The van der Waals surface area contributed by atoms with Crippen LogP contribution in [0.25, 0.3) is 0 Å². The minimum Gasteiger partial charge on any atom is -0.271 e. The summed E-state index contributed by atoms with van der Waals surface area (Å²) < 4.78 is 35.0. The van der Waals surface area contributed by atoms with Crippen LogP contribution in [0, 0.1) is 0 Å². The van der Waals surface area contributed by atoms with Gasteiger partial charge in [0, 0.05) is 0 Å². The minimum absolute atomic E-state index is 1.31. The van der Waals surface area contributed by atoms with Crippen molar-refractivity contribution in [3.63, 3.8) is 0 Å². The Bertz CT molecular complexity index is 341. The van der Waals surface area contributed by atoms with Gasteiger partial charge in [0.05, 0.1) is 0 Å². The zero-order valence-electron chi connectivity index (χ0n) is 9.22. The Kier molecular flexibility index (Phi) is 5.99. The average molecular weight is 293 g/mol. The molecule has 2 unspecified atom stereocenters. The summed E-state index contributed by atoms with van der Waals surface area (Å²) in [7, 11) is -6.66. The molecule has 0 rings (SSSR count). The van der Waals surface area contributed by atoms with Crippen LogP contribution in [0.1, 0.15) is 0 Å². The minimum atomic E-state index is -3.63. The lowest BCUT2D eigenvalue weighted by molar-refractivity contribution is 0.545. The first-order valence-electron chi connectivity index (χ1n) is 4.13. The summed E-state index contributed by atoms with van der Waals surface area (Å²) in [6.45, 7) is 0. The number of nitrogens with two attached hydrogens (primary N) is 2. The molecule has 0 spiro atoms. The second-order valence-corrected chi connectivity index (χ2v) is 9.59. The van der Waals surface area contributed by atoms with E-state index in [1.807, 2.05) is 0 Å². The first-order valence-corrected chi connectivity index (χ1v) is 9.39. The predicted octanol–water partition coefficient (Wildman–Crippen LogP) is -0.934. The lowest BCUT2D eigenvalue weighted by Gasteiger charge is -2.25. The van der Waals surface area contributed by atoms with E-state index in [1.165, 1.54) is 21.1 Å². The molecule has 0 aromatic rings. The summed E-state index contributed by atoms with van der Waals surface area (Å²) in [6, 6.07) is 0. The fourth-order valence-corrected chi connectivity index (χ4v) is 6.17. The fourth-order valence-electron chi connectivity index (χ4n) is 0.641. The molecule has 0 aromatic carbocycles. The van der Waals surface area contributed by atoms with E-state index in [-0.39, 0.29) is 0 Å². The highest BCUT2D eigenvalue weighted by atomic mass is 31.3. The third-order valence-corrected chi connectivity index (χ3v) is 8.15. The summed E-state index contributed by atoms with van der Waals surface area (Å²) in [5, 5.41) is 6.82. The largest absolute Gasteiger partial charge is 0.294 e. The molecule has 9 N–H and O–H groups in total. The molecule has 98 valence electrons. The summed E-state index contributed by atoms with van der Waals surface area (Å²) in [5.74, 6) is 0. The smallest absolute Gasteiger partial charge is 0.271 e. The van der Waals surface area contributed by atoms with Gasteiger partial charge in [0.1, 0.15) is 0 Å². The topological polar surface area (TPSA) is 163 Å². The van der Waals surface area contributed by atoms with Crippen molar-refractivity contribution in [3.05, 3.63) is 0 Å². The van der Waals surface area contributed by atoms with E-state index in [4.69, 9.17) is 11.0 Å². The molecule has 0 aliphatic rings. The van der Waals surface area contributed by atoms with E-state index in [1.54, 1.807) is 0 Å². The van der Waals surface area contributed by atoms with Crippen LogP contribution in [0.2, 0.25) is 0 Å². The molecule has 2 atom stereocenters. The molecule has 0 fully saturated rings. The summed E-state index contributed by atoms with van der Waals surface area (Å²) in [4.78, 5) is 4.25. The van der Waals surface area contributed by atoms with Gasteiger partial charge in [-0.05, 0) is 21.1 Å². The maximum Gasteiger partial charge on any atom is 0.294 e. The van der Waals surface area contributed by atoms with Gasteiger partial charge in [0.2, 0.25) is 0 Å². The van der Waals surface area contributed by atoms with Gasteiger partial charge in [-0.3, -0.25) is 24.7 Å². The summed E-state index contributed by atoms with van der Waals surface area (Å²) in [5.41, 5.74) is 10.5. The van der Waals surface area contributed by atoms with Crippen molar-refractivity contribution >= 4 is 22.8 Å². The van der Waals surface area contributed by atoms with Crippen molar-refractivity contribution < 1.29 is 13.7 Å². The van der Waals surface area contributed by atoms with Crippen LogP contribution in [0.3, 0.4) is 0 Å². The Morgan fingerprint density at radius 2 is 1.06 bits per heavy atom. The summed E-state index contributed by atoms with van der Waals surface area (Å²) in [6.07, 6.45) is 0. The van der Waals surface area contributed by atoms with Crippen LogP contribution < -0.4 is 36.0 Å². The predicted molar refractivity (Wildman–Crippen MR) is 64.6 cm³/mol. The van der Waals surface area contributed by atoms with Gasteiger partial charge in [0.15, 0.2) is 0 Å². The number of hydrogen-bond donors (Lipinski definition) is 7. The highest BCUT2D eigenvalue weighted by molar-refractivity contribution is 7.79. The van der Waals surface area contributed by atoms with Gasteiger partial charge in [-0.2, -0.15) is 9.72 Å². The lowest BCUT2D eigenvalue weighted by Crippen LogP contribution is -2.35. The molecule has 0 aromatic heterocycles. The van der Waals surface area contributed by atoms with Gasteiger partial charge in [-0.1, -0.05) is 0 Å². The lowest BCUT2D eigenvalue weighted by atomic mass is 11.6. The second kappa shape index (κ2) is 5.84. The van der Waals surface area contributed by atoms with E-state index in [0.717, 1.165) is 0 Å². The SMILES string of the molecule is CNP(N)(=O)NP(=O)(NC)NP(N)(=O)NC. The molecule has 16 heavy (non-hydrogen) atoms. The monoisotopic (exact) mass is 293 g/mol. The highest BCUT2D eigenvalue weighted by Gasteiger charge is 2.33. The Morgan fingerprint density at radius 3 is 1.25 bits per heavy atom. The van der Waals surface area contributed by atoms with Gasteiger partial charge >= 0.3 is 0 Å². The number of hydrogen-bond acceptors (Lipinski definition) is 3. The molecular weight excluding hydrogens is 275 g/mol. The standard InChI is InChI=1S/C3H18N7O3P3/c1-6-14(4,11)9-16(13,8-3)10-15(5,12)7-2/h1-3H3,(H9,4,5,6,7,8,9,10,11,12,13). The second-order valence-electron chi connectivity index (χ2n) is 2.80. The van der Waals surface area contributed by atoms with Crippen molar-refractivity contribution in [2.24, 2.45) is 11.0 Å². The zero-order valence-corrected chi connectivity index (χ0v) is 11.9. The van der Waals surface area contributed by atoms with Gasteiger partial charge < -0.3 is 0 Å². The Hall–Kier alpha value is 0.410. The normalized spacial score (nSPS) is 23.1. The van der Waals surface area contributed by atoms with Gasteiger partial charge in [-0.15, -0.1) is 0 Å². The van der Waals surface area contributed by atoms with E-state index >= 15 is 0 Å². The molecule has 0 amide bonds. The van der Waals surface area contributed by atoms with Crippen LogP contribution >= 0.6 is 22.8 Å². The van der Waals surface area contributed by atoms with E-state index < -0.39 is 22.8 Å². The van der Waals surface area contributed by atoms with Crippen LogP contribution in [0.4, 0.5) is 0 Å². The quantitative estimate of drug-likeness (QED) is 0.291. The van der Waals surface area contributed by atoms with Crippen molar-refractivity contribution in [1.29, 1.82) is 0 Å². The Balaban J connectivity index is 4.89. The van der Waals surface area contributed by atoms with E-state index in [0.29, 0.717) is 0 Å². The van der Waals surface area contributed by atoms with Crippen LogP contribution in [0.5, 0.6) is 0 Å². The maximum absolute atomic E-state index is 12.0. The zero-order chi connectivity index (χ0) is 13.0. The van der Waals surface area contributed by atoms with E-state index in [2.05, 4.69) is 25.0 Å². The van der Waals surface area contributed by atoms with Gasteiger partial charge in [-0.25, -0.2) is 15.3 Å². The number of nitrogens with one attached hydrogen (secondary N) is 5.